The van der Waals surface area contributed by atoms with E-state index in [1.54, 1.807) is 4.68 Å². The van der Waals surface area contributed by atoms with Gasteiger partial charge in [0.2, 0.25) is 5.95 Å². The number of aliphatic hydroxyl groups is 1. The summed E-state index contributed by atoms with van der Waals surface area (Å²) in [7, 11) is 5.91. The summed E-state index contributed by atoms with van der Waals surface area (Å²) in [6.07, 6.45) is -0.0165. The minimum Gasteiger partial charge on any atom is -0.494 e. The van der Waals surface area contributed by atoms with Gasteiger partial charge in [-0.1, -0.05) is 42.5 Å². The van der Waals surface area contributed by atoms with Crippen LogP contribution in [-0.2, 0) is 13.6 Å². The Bertz CT molecular complexity index is 895. The maximum absolute atomic E-state index is 10.5. The Morgan fingerprint density at radius 1 is 1.14 bits per heavy atom. The number of ether oxygens (including phenoxy) is 1. The van der Waals surface area contributed by atoms with E-state index in [0.717, 1.165) is 24.3 Å². The molecule has 1 atom stereocenters. The van der Waals surface area contributed by atoms with Crippen molar-refractivity contribution in [2.45, 2.75) is 19.1 Å². The molecule has 1 heterocycles. The zero-order valence-corrected chi connectivity index (χ0v) is 17.2. The van der Waals surface area contributed by atoms with E-state index in [2.05, 4.69) is 46.5 Å². The molecule has 1 aromatic heterocycles. The van der Waals surface area contributed by atoms with Crippen LogP contribution in [-0.4, -0.2) is 52.0 Å². The van der Waals surface area contributed by atoms with Crippen LogP contribution in [0, 0.1) is 0 Å². The number of nitrogens with one attached hydrogen (secondary N) is 1. The van der Waals surface area contributed by atoms with Gasteiger partial charge in [0.25, 0.3) is 0 Å². The monoisotopic (exact) mass is 395 g/mol. The Morgan fingerprint density at radius 3 is 2.69 bits per heavy atom. The first-order valence-corrected chi connectivity index (χ1v) is 9.77. The predicted molar refractivity (Wildman–Crippen MR) is 114 cm³/mol. The lowest BCUT2D eigenvalue weighted by Crippen LogP contribution is -2.11. The van der Waals surface area contributed by atoms with Gasteiger partial charge in [-0.15, -0.1) is 0 Å². The Kier molecular flexibility index (Phi) is 7.21. The van der Waals surface area contributed by atoms with Crippen LogP contribution in [0.2, 0.25) is 0 Å². The Labute approximate surface area is 172 Å². The van der Waals surface area contributed by atoms with Crippen molar-refractivity contribution >= 4 is 5.95 Å². The molecule has 7 heteroatoms. The van der Waals surface area contributed by atoms with Crippen molar-refractivity contribution in [2.75, 3.05) is 32.6 Å². The van der Waals surface area contributed by atoms with Gasteiger partial charge in [0.15, 0.2) is 5.82 Å². The summed E-state index contributed by atoms with van der Waals surface area (Å²) in [5, 5.41) is 18.0. The molecule has 0 radical (unpaired) electrons. The van der Waals surface area contributed by atoms with E-state index in [1.165, 1.54) is 5.56 Å². The van der Waals surface area contributed by atoms with Gasteiger partial charge in [0, 0.05) is 20.1 Å². The van der Waals surface area contributed by atoms with Gasteiger partial charge in [-0.25, -0.2) is 4.68 Å². The zero-order chi connectivity index (χ0) is 20.6. The van der Waals surface area contributed by atoms with Crippen LogP contribution in [0.3, 0.4) is 0 Å². The van der Waals surface area contributed by atoms with E-state index in [-0.39, 0.29) is 0 Å². The Morgan fingerprint density at radius 2 is 1.93 bits per heavy atom. The largest absolute Gasteiger partial charge is 0.494 e. The molecule has 2 aromatic carbocycles. The van der Waals surface area contributed by atoms with Gasteiger partial charge in [-0.05, 0) is 43.8 Å². The van der Waals surface area contributed by atoms with Crippen molar-refractivity contribution in [2.24, 2.45) is 7.05 Å². The van der Waals surface area contributed by atoms with Crippen molar-refractivity contribution in [3.63, 3.8) is 0 Å². The minimum absolute atomic E-state index is 0.384. The molecule has 0 saturated carbocycles. The number of aliphatic hydroxyl groups excluding tert-OH is 1. The molecule has 7 nitrogen and oxygen atoms in total. The smallest absolute Gasteiger partial charge is 0.221 e. The lowest BCUT2D eigenvalue weighted by molar-refractivity contribution is 0.209. The molecular weight excluding hydrogens is 366 g/mol. The van der Waals surface area contributed by atoms with Crippen LogP contribution in [0.25, 0.3) is 0 Å². The van der Waals surface area contributed by atoms with Crippen LogP contribution in [0.1, 0.15) is 29.5 Å². The highest BCUT2D eigenvalue weighted by molar-refractivity contribution is 5.30. The molecule has 3 rings (SSSR count). The average molecular weight is 396 g/mol. The number of nitrogens with zero attached hydrogens (tertiary/aromatic N) is 4. The lowest BCUT2D eigenvalue weighted by atomic mass is 10.1. The van der Waals surface area contributed by atoms with Crippen molar-refractivity contribution in [1.29, 1.82) is 0 Å². The third kappa shape index (κ3) is 6.04. The highest BCUT2D eigenvalue weighted by Gasteiger charge is 2.17. The average Bonchev–Trinajstić information content (AvgIpc) is 3.08. The van der Waals surface area contributed by atoms with Crippen LogP contribution in [0.5, 0.6) is 5.75 Å². The molecule has 0 aliphatic carbocycles. The fourth-order valence-electron chi connectivity index (χ4n) is 3.02. The first-order chi connectivity index (χ1) is 14.0. The normalized spacial score (nSPS) is 12.2. The van der Waals surface area contributed by atoms with Gasteiger partial charge in [-0.2, -0.15) is 10.1 Å². The van der Waals surface area contributed by atoms with Crippen molar-refractivity contribution in [3.8, 4) is 5.75 Å². The van der Waals surface area contributed by atoms with E-state index >= 15 is 0 Å². The molecule has 0 aliphatic heterocycles. The van der Waals surface area contributed by atoms with E-state index in [0.29, 0.717) is 24.9 Å². The summed E-state index contributed by atoms with van der Waals surface area (Å²) in [6, 6.07) is 17.6. The third-order valence-corrected chi connectivity index (χ3v) is 4.41. The predicted octanol–water partition coefficient (Wildman–Crippen LogP) is 2.84. The van der Waals surface area contributed by atoms with Crippen molar-refractivity contribution < 1.29 is 9.84 Å². The first kappa shape index (κ1) is 20.8. The fourth-order valence-corrected chi connectivity index (χ4v) is 3.02. The highest BCUT2D eigenvalue weighted by Crippen LogP contribution is 2.20. The van der Waals surface area contributed by atoms with E-state index in [4.69, 9.17) is 4.74 Å². The standard InChI is InChI=1S/C22H29N5O2/c1-26(2)16-17-9-7-12-19(15-17)29-14-8-13-23-22-24-21(25-27(22)3)20(28)18-10-5-4-6-11-18/h4-7,9-12,15,20,28H,8,13-14,16H2,1-3H3,(H,23,24,25). The number of aryl methyl sites for hydroxylation is 1. The summed E-state index contributed by atoms with van der Waals surface area (Å²) < 4.78 is 7.50. The molecule has 1 unspecified atom stereocenters. The molecule has 154 valence electrons. The van der Waals surface area contributed by atoms with Crippen molar-refractivity contribution in [1.82, 2.24) is 19.7 Å². The zero-order valence-electron chi connectivity index (χ0n) is 17.2. The molecule has 29 heavy (non-hydrogen) atoms. The lowest BCUT2D eigenvalue weighted by Gasteiger charge is -2.12. The van der Waals surface area contributed by atoms with Crippen LogP contribution in [0.15, 0.2) is 54.6 Å². The third-order valence-electron chi connectivity index (χ3n) is 4.41. The SMILES string of the molecule is CN(C)Cc1cccc(OCCCNc2nc(C(O)c3ccccc3)nn2C)c1. The summed E-state index contributed by atoms with van der Waals surface area (Å²) in [5.41, 5.74) is 2.00. The second-order valence-corrected chi connectivity index (χ2v) is 7.24. The minimum atomic E-state index is -0.837. The number of anilines is 1. The van der Waals surface area contributed by atoms with Gasteiger partial charge in [-0.3, -0.25) is 0 Å². The van der Waals surface area contributed by atoms with E-state index in [1.807, 2.05) is 49.5 Å². The fraction of sp³-hybridized carbons (Fsp3) is 0.364. The maximum Gasteiger partial charge on any atom is 0.221 e. The number of hydrogen-bond acceptors (Lipinski definition) is 6. The molecule has 0 bridgehead atoms. The molecule has 2 N–H and O–H groups in total. The summed E-state index contributed by atoms with van der Waals surface area (Å²) in [4.78, 5) is 6.56. The van der Waals surface area contributed by atoms with Crippen LogP contribution < -0.4 is 10.1 Å². The molecule has 0 aliphatic rings. The maximum atomic E-state index is 10.5. The summed E-state index contributed by atoms with van der Waals surface area (Å²) in [6.45, 7) is 2.20. The molecular formula is C22H29N5O2. The first-order valence-electron chi connectivity index (χ1n) is 9.77. The molecule has 3 aromatic rings. The highest BCUT2D eigenvalue weighted by atomic mass is 16.5. The Hall–Kier alpha value is -2.90. The topological polar surface area (TPSA) is 75.4 Å². The summed E-state index contributed by atoms with van der Waals surface area (Å²) in [5.74, 6) is 1.90. The van der Waals surface area contributed by atoms with E-state index in [9.17, 15) is 5.11 Å². The summed E-state index contributed by atoms with van der Waals surface area (Å²) >= 11 is 0. The Balaban J connectivity index is 1.46. The van der Waals surface area contributed by atoms with Gasteiger partial charge >= 0.3 is 0 Å². The van der Waals surface area contributed by atoms with Gasteiger partial charge in [0.05, 0.1) is 6.61 Å². The van der Waals surface area contributed by atoms with Gasteiger partial charge < -0.3 is 20.1 Å². The van der Waals surface area contributed by atoms with Crippen LogP contribution >= 0.6 is 0 Å². The van der Waals surface area contributed by atoms with Gasteiger partial charge in [0.1, 0.15) is 11.9 Å². The molecule has 0 fully saturated rings. The second kappa shape index (κ2) is 10.0. The molecule has 0 spiro atoms. The van der Waals surface area contributed by atoms with E-state index < -0.39 is 6.10 Å². The quantitative estimate of drug-likeness (QED) is 0.514. The van der Waals surface area contributed by atoms with Crippen LogP contribution in [0.4, 0.5) is 5.95 Å². The molecule has 0 amide bonds. The number of hydrogen-bond donors (Lipinski definition) is 2. The van der Waals surface area contributed by atoms with Crippen molar-refractivity contribution in [3.05, 3.63) is 71.5 Å². The number of aromatic nitrogens is 3. The number of rotatable bonds is 10. The second-order valence-electron chi connectivity index (χ2n) is 7.24. The number of benzene rings is 2. The molecule has 0 saturated heterocycles.